The average Bonchev–Trinajstić information content (AvgIpc) is 2.15. The van der Waals surface area contributed by atoms with Gasteiger partial charge in [-0.3, -0.25) is 0 Å². The number of benzene rings is 1. The van der Waals surface area contributed by atoms with Crippen LogP contribution in [0, 0.1) is 5.92 Å². The van der Waals surface area contributed by atoms with Crippen LogP contribution in [0.3, 0.4) is 0 Å². The maximum atomic E-state index is 6.08. The van der Waals surface area contributed by atoms with Crippen LogP contribution >= 0.6 is 0 Å². The Balaban J connectivity index is 2.84. The van der Waals surface area contributed by atoms with Crippen LogP contribution in [-0.4, -0.2) is 6.10 Å². The van der Waals surface area contributed by atoms with Gasteiger partial charge in [-0.15, -0.1) is 0 Å². The lowest BCUT2D eigenvalue weighted by Gasteiger charge is -2.25. The molecule has 17 heavy (non-hydrogen) atoms. The third kappa shape index (κ3) is 4.41. The molecule has 0 amide bonds. The zero-order valence-corrected chi connectivity index (χ0v) is 12.1. The van der Waals surface area contributed by atoms with Crippen molar-refractivity contribution in [3.8, 4) is 5.75 Å². The van der Waals surface area contributed by atoms with Gasteiger partial charge in [0.15, 0.2) is 0 Å². The van der Waals surface area contributed by atoms with Crippen molar-refractivity contribution < 1.29 is 4.74 Å². The van der Waals surface area contributed by atoms with E-state index in [0.29, 0.717) is 5.92 Å². The van der Waals surface area contributed by atoms with E-state index in [9.17, 15) is 0 Å². The summed E-state index contributed by atoms with van der Waals surface area (Å²) in [5.41, 5.74) is 1.42. The van der Waals surface area contributed by atoms with E-state index in [1.165, 1.54) is 5.56 Å². The van der Waals surface area contributed by atoms with E-state index in [4.69, 9.17) is 4.74 Å². The van der Waals surface area contributed by atoms with E-state index in [-0.39, 0.29) is 11.5 Å². The summed E-state index contributed by atoms with van der Waals surface area (Å²) in [5, 5.41) is 0. The Morgan fingerprint density at radius 3 is 2.18 bits per heavy atom. The Morgan fingerprint density at radius 2 is 1.65 bits per heavy atom. The van der Waals surface area contributed by atoms with Crippen LogP contribution in [0.2, 0.25) is 0 Å². The summed E-state index contributed by atoms with van der Waals surface area (Å²) in [7, 11) is 0. The van der Waals surface area contributed by atoms with E-state index in [0.717, 1.165) is 12.2 Å². The molecule has 1 heteroatoms. The molecule has 0 saturated carbocycles. The van der Waals surface area contributed by atoms with E-state index in [1.54, 1.807) is 0 Å². The molecular weight excluding hydrogens is 208 g/mol. The lowest BCUT2D eigenvalue weighted by molar-refractivity contribution is 0.189. The Kier molecular flexibility index (Phi) is 4.62. The summed E-state index contributed by atoms with van der Waals surface area (Å²) >= 11 is 0. The summed E-state index contributed by atoms with van der Waals surface area (Å²) < 4.78 is 6.08. The minimum Gasteiger partial charge on any atom is -0.490 e. The summed E-state index contributed by atoms with van der Waals surface area (Å²) in [6, 6.07) is 8.38. The van der Waals surface area contributed by atoms with Crippen molar-refractivity contribution in [1.29, 1.82) is 0 Å². The minimum atomic E-state index is 0.133. The SMILES string of the molecule is CC(C)CC(C)Oc1ccccc1C(C)(C)C. The fourth-order valence-electron chi connectivity index (χ4n) is 2.12. The number of para-hydroxylation sites is 1. The third-order valence-corrected chi connectivity index (χ3v) is 2.83. The van der Waals surface area contributed by atoms with Gasteiger partial charge in [0, 0.05) is 0 Å². The molecule has 0 fully saturated rings. The first-order valence-corrected chi connectivity index (χ1v) is 6.57. The van der Waals surface area contributed by atoms with Crippen molar-refractivity contribution in [3.63, 3.8) is 0 Å². The Morgan fingerprint density at radius 1 is 1.06 bits per heavy atom. The highest BCUT2D eigenvalue weighted by molar-refractivity contribution is 5.38. The van der Waals surface area contributed by atoms with Crippen LogP contribution in [0.5, 0.6) is 5.75 Å². The van der Waals surface area contributed by atoms with Crippen LogP contribution in [0.1, 0.15) is 53.5 Å². The highest BCUT2D eigenvalue weighted by atomic mass is 16.5. The topological polar surface area (TPSA) is 9.23 Å². The van der Waals surface area contributed by atoms with E-state index in [2.05, 4.69) is 59.7 Å². The zero-order valence-electron chi connectivity index (χ0n) is 12.1. The smallest absolute Gasteiger partial charge is 0.123 e. The summed E-state index contributed by atoms with van der Waals surface area (Å²) in [6.07, 6.45) is 1.37. The summed E-state index contributed by atoms with van der Waals surface area (Å²) in [6.45, 7) is 13.3. The van der Waals surface area contributed by atoms with Crippen LogP contribution in [0.25, 0.3) is 0 Å². The average molecular weight is 234 g/mol. The van der Waals surface area contributed by atoms with Gasteiger partial charge in [0.25, 0.3) is 0 Å². The fourth-order valence-corrected chi connectivity index (χ4v) is 2.12. The molecule has 0 spiro atoms. The molecule has 0 radical (unpaired) electrons. The van der Waals surface area contributed by atoms with Gasteiger partial charge in [-0.2, -0.15) is 0 Å². The second-order valence-corrected chi connectivity index (χ2v) is 6.30. The maximum absolute atomic E-state index is 6.08. The molecule has 1 unspecified atom stereocenters. The highest BCUT2D eigenvalue weighted by Crippen LogP contribution is 2.31. The molecule has 1 aromatic rings. The molecule has 1 nitrogen and oxygen atoms in total. The molecule has 1 rings (SSSR count). The van der Waals surface area contributed by atoms with Gasteiger partial charge in [-0.1, -0.05) is 52.8 Å². The standard InChI is InChI=1S/C16H26O/c1-12(2)11-13(3)17-15-10-8-7-9-14(15)16(4,5)6/h7-10,12-13H,11H2,1-6H3. The van der Waals surface area contributed by atoms with Gasteiger partial charge in [0.05, 0.1) is 6.10 Å². The molecule has 0 bridgehead atoms. The first-order valence-electron chi connectivity index (χ1n) is 6.57. The first kappa shape index (κ1) is 14.1. The van der Waals surface area contributed by atoms with Crippen LogP contribution < -0.4 is 4.74 Å². The van der Waals surface area contributed by atoms with Gasteiger partial charge in [-0.05, 0) is 36.3 Å². The van der Waals surface area contributed by atoms with Crippen molar-refractivity contribution >= 4 is 0 Å². The zero-order chi connectivity index (χ0) is 13.1. The molecule has 0 N–H and O–H groups in total. The van der Waals surface area contributed by atoms with Gasteiger partial charge < -0.3 is 4.74 Å². The molecule has 1 aromatic carbocycles. The number of hydrogen-bond donors (Lipinski definition) is 0. The first-order chi connectivity index (χ1) is 7.80. The van der Waals surface area contributed by atoms with E-state index >= 15 is 0 Å². The number of rotatable bonds is 4. The molecule has 0 aromatic heterocycles. The molecule has 0 heterocycles. The highest BCUT2D eigenvalue weighted by Gasteiger charge is 2.19. The Labute approximate surface area is 106 Å². The van der Waals surface area contributed by atoms with Crippen molar-refractivity contribution in [1.82, 2.24) is 0 Å². The van der Waals surface area contributed by atoms with Gasteiger partial charge >= 0.3 is 0 Å². The molecule has 0 saturated heterocycles. The monoisotopic (exact) mass is 234 g/mol. The number of ether oxygens (including phenoxy) is 1. The second kappa shape index (κ2) is 5.57. The number of hydrogen-bond acceptors (Lipinski definition) is 1. The van der Waals surface area contributed by atoms with Crippen molar-refractivity contribution in [2.24, 2.45) is 5.92 Å². The fraction of sp³-hybridized carbons (Fsp3) is 0.625. The van der Waals surface area contributed by atoms with E-state index in [1.807, 2.05) is 6.07 Å². The van der Waals surface area contributed by atoms with Crippen molar-refractivity contribution in [2.45, 2.75) is 59.5 Å². The predicted molar refractivity (Wildman–Crippen MR) is 74.7 cm³/mol. The molecule has 0 aliphatic rings. The van der Waals surface area contributed by atoms with Gasteiger partial charge in [-0.25, -0.2) is 0 Å². The molecule has 1 atom stereocenters. The predicted octanol–water partition coefficient (Wildman–Crippen LogP) is 4.80. The van der Waals surface area contributed by atoms with Gasteiger partial charge in [0.2, 0.25) is 0 Å². The Hall–Kier alpha value is -0.980. The minimum absolute atomic E-state index is 0.133. The normalized spacial score (nSPS) is 13.8. The van der Waals surface area contributed by atoms with E-state index < -0.39 is 0 Å². The lowest BCUT2D eigenvalue weighted by Crippen LogP contribution is -2.19. The largest absolute Gasteiger partial charge is 0.490 e. The van der Waals surface area contributed by atoms with Crippen molar-refractivity contribution in [2.75, 3.05) is 0 Å². The molecule has 96 valence electrons. The van der Waals surface area contributed by atoms with Crippen LogP contribution in [0.4, 0.5) is 0 Å². The summed E-state index contributed by atoms with van der Waals surface area (Å²) in [4.78, 5) is 0. The van der Waals surface area contributed by atoms with Crippen LogP contribution in [-0.2, 0) is 5.41 Å². The summed E-state index contributed by atoms with van der Waals surface area (Å²) in [5.74, 6) is 1.71. The van der Waals surface area contributed by atoms with Crippen molar-refractivity contribution in [3.05, 3.63) is 29.8 Å². The Bertz CT molecular complexity index is 347. The lowest BCUT2D eigenvalue weighted by atomic mass is 9.86. The second-order valence-electron chi connectivity index (χ2n) is 6.30. The molecular formula is C16H26O. The third-order valence-electron chi connectivity index (χ3n) is 2.83. The molecule has 0 aliphatic carbocycles. The van der Waals surface area contributed by atoms with Crippen LogP contribution in [0.15, 0.2) is 24.3 Å². The maximum Gasteiger partial charge on any atom is 0.123 e. The molecule has 0 aliphatic heterocycles. The quantitative estimate of drug-likeness (QED) is 0.727. The van der Waals surface area contributed by atoms with Gasteiger partial charge in [0.1, 0.15) is 5.75 Å².